The number of carbonyl (C=O) groups is 1. The summed E-state index contributed by atoms with van der Waals surface area (Å²) >= 11 is 0. The van der Waals surface area contributed by atoms with E-state index in [9.17, 15) is 4.79 Å². The third-order valence-corrected chi connectivity index (χ3v) is 2.91. The molecule has 2 aromatic rings. The largest absolute Gasteiger partial charge is 0.493 e. The maximum atomic E-state index is 12.0. The summed E-state index contributed by atoms with van der Waals surface area (Å²) in [5, 5.41) is 0. The minimum atomic E-state index is -0.365. The van der Waals surface area contributed by atoms with E-state index >= 15 is 0 Å². The summed E-state index contributed by atoms with van der Waals surface area (Å²) in [5.74, 6) is 0.874. The number of hydrogen-bond acceptors (Lipinski definition) is 3. The van der Waals surface area contributed by atoms with Gasteiger partial charge in [0.1, 0.15) is 11.5 Å². The fourth-order valence-corrected chi connectivity index (χ4v) is 1.72. The first-order valence-corrected chi connectivity index (χ1v) is 6.81. The lowest BCUT2D eigenvalue weighted by Crippen LogP contribution is -2.08. The normalized spacial score (nSPS) is 9.95. The van der Waals surface area contributed by atoms with Gasteiger partial charge < -0.3 is 9.47 Å². The first-order valence-electron chi connectivity index (χ1n) is 6.81. The smallest absolute Gasteiger partial charge is 0.343 e. The van der Waals surface area contributed by atoms with E-state index in [1.807, 2.05) is 19.1 Å². The lowest BCUT2D eigenvalue weighted by Gasteiger charge is -2.07. The Morgan fingerprint density at radius 2 is 1.67 bits per heavy atom. The Kier molecular flexibility index (Phi) is 5.16. The first-order chi connectivity index (χ1) is 10.2. The number of carbonyl (C=O) groups excluding carboxylic acids is 1. The second-order valence-electron chi connectivity index (χ2n) is 4.65. The lowest BCUT2D eigenvalue weighted by atomic mass is 10.1. The number of rotatable bonds is 6. The van der Waals surface area contributed by atoms with Crippen molar-refractivity contribution in [2.75, 3.05) is 6.61 Å². The molecule has 2 rings (SSSR count). The van der Waals surface area contributed by atoms with Crippen LogP contribution < -0.4 is 9.47 Å². The molecule has 21 heavy (non-hydrogen) atoms. The van der Waals surface area contributed by atoms with Crippen LogP contribution in [0.3, 0.4) is 0 Å². The second kappa shape index (κ2) is 7.29. The molecule has 3 nitrogen and oxygen atoms in total. The predicted octanol–water partition coefficient (Wildman–Crippen LogP) is 4.17. The zero-order valence-electron chi connectivity index (χ0n) is 12.0. The molecule has 0 aliphatic carbocycles. The van der Waals surface area contributed by atoms with Gasteiger partial charge in [-0.05, 0) is 49.7 Å². The number of ether oxygens (including phenoxy) is 2. The van der Waals surface area contributed by atoms with Crippen LogP contribution in [0.4, 0.5) is 0 Å². The van der Waals surface area contributed by atoms with E-state index in [4.69, 9.17) is 9.47 Å². The van der Waals surface area contributed by atoms with Crippen LogP contribution in [0.1, 0.15) is 22.3 Å². The summed E-state index contributed by atoms with van der Waals surface area (Å²) in [6.07, 6.45) is 2.60. The van der Waals surface area contributed by atoms with E-state index in [0.717, 1.165) is 17.7 Å². The molecular weight excluding hydrogens is 264 g/mol. The third kappa shape index (κ3) is 4.49. The second-order valence-corrected chi connectivity index (χ2v) is 4.65. The number of benzene rings is 2. The van der Waals surface area contributed by atoms with Crippen molar-refractivity contribution in [3.63, 3.8) is 0 Å². The molecular formula is C18H18O3. The summed E-state index contributed by atoms with van der Waals surface area (Å²) in [5.41, 5.74) is 1.64. The van der Waals surface area contributed by atoms with E-state index < -0.39 is 0 Å². The van der Waals surface area contributed by atoms with Gasteiger partial charge in [-0.15, -0.1) is 6.58 Å². The van der Waals surface area contributed by atoms with Crippen molar-refractivity contribution >= 4 is 5.97 Å². The molecule has 0 aliphatic rings. The highest BCUT2D eigenvalue weighted by molar-refractivity contribution is 5.91. The fourth-order valence-electron chi connectivity index (χ4n) is 1.72. The van der Waals surface area contributed by atoms with Crippen LogP contribution in [0.2, 0.25) is 0 Å². The van der Waals surface area contributed by atoms with E-state index in [-0.39, 0.29) is 5.97 Å². The highest BCUT2D eigenvalue weighted by Crippen LogP contribution is 2.19. The van der Waals surface area contributed by atoms with Crippen LogP contribution in [0.5, 0.6) is 11.5 Å². The molecule has 0 unspecified atom stereocenters. The molecule has 0 fully saturated rings. The molecule has 0 N–H and O–H groups in total. The molecule has 0 aliphatic heterocycles. The highest BCUT2D eigenvalue weighted by Gasteiger charge is 2.08. The maximum absolute atomic E-state index is 12.0. The van der Waals surface area contributed by atoms with Crippen molar-refractivity contribution < 1.29 is 14.3 Å². The van der Waals surface area contributed by atoms with Crippen LogP contribution in [0.25, 0.3) is 0 Å². The van der Waals surface area contributed by atoms with Crippen LogP contribution in [0.15, 0.2) is 61.2 Å². The number of esters is 1. The van der Waals surface area contributed by atoms with Gasteiger partial charge in [0.25, 0.3) is 0 Å². The summed E-state index contributed by atoms with van der Waals surface area (Å²) < 4.78 is 10.8. The van der Waals surface area contributed by atoms with Crippen molar-refractivity contribution in [2.45, 2.75) is 13.3 Å². The van der Waals surface area contributed by atoms with Crippen molar-refractivity contribution in [1.29, 1.82) is 0 Å². The fraction of sp³-hybridized carbons (Fsp3) is 0.167. The quantitative estimate of drug-likeness (QED) is 0.345. The van der Waals surface area contributed by atoms with Crippen molar-refractivity contribution in [2.24, 2.45) is 0 Å². The SMILES string of the molecule is C=CCCOc1ccc(OC(=O)c2ccc(C)cc2)cc1. The van der Waals surface area contributed by atoms with Gasteiger partial charge in [0.05, 0.1) is 12.2 Å². The summed E-state index contributed by atoms with van der Waals surface area (Å²) in [4.78, 5) is 12.0. The molecule has 0 saturated carbocycles. The van der Waals surface area contributed by atoms with Crippen LogP contribution in [-0.4, -0.2) is 12.6 Å². The molecule has 0 amide bonds. The topological polar surface area (TPSA) is 35.5 Å². The predicted molar refractivity (Wildman–Crippen MR) is 82.9 cm³/mol. The van der Waals surface area contributed by atoms with Gasteiger partial charge >= 0.3 is 5.97 Å². The van der Waals surface area contributed by atoms with Crippen molar-refractivity contribution in [3.8, 4) is 11.5 Å². The van der Waals surface area contributed by atoms with Gasteiger partial charge in [-0.1, -0.05) is 23.8 Å². The Labute approximate surface area is 124 Å². The Morgan fingerprint density at radius 3 is 2.29 bits per heavy atom. The Hall–Kier alpha value is -2.55. The summed E-state index contributed by atoms with van der Waals surface area (Å²) in [6, 6.07) is 14.3. The van der Waals surface area contributed by atoms with E-state index in [0.29, 0.717) is 17.9 Å². The monoisotopic (exact) mass is 282 g/mol. The standard InChI is InChI=1S/C18H18O3/c1-3-4-13-20-16-9-11-17(12-10-16)21-18(19)15-7-5-14(2)6-8-15/h3,5-12H,1,4,13H2,2H3. The van der Waals surface area contributed by atoms with Gasteiger partial charge in [0.2, 0.25) is 0 Å². The molecule has 0 atom stereocenters. The maximum Gasteiger partial charge on any atom is 0.343 e. The van der Waals surface area contributed by atoms with Crippen LogP contribution in [0, 0.1) is 6.92 Å². The molecule has 0 spiro atoms. The lowest BCUT2D eigenvalue weighted by molar-refractivity contribution is 0.0734. The zero-order valence-corrected chi connectivity index (χ0v) is 12.0. The van der Waals surface area contributed by atoms with E-state index in [1.165, 1.54) is 0 Å². The third-order valence-electron chi connectivity index (χ3n) is 2.91. The first kappa shape index (κ1) is 14.9. The minimum absolute atomic E-state index is 0.365. The van der Waals surface area contributed by atoms with Gasteiger partial charge in [-0.25, -0.2) is 4.79 Å². The minimum Gasteiger partial charge on any atom is -0.493 e. The molecule has 108 valence electrons. The zero-order chi connectivity index (χ0) is 15.1. The van der Waals surface area contributed by atoms with Gasteiger partial charge in [0, 0.05) is 0 Å². The summed E-state index contributed by atoms with van der Waals surface area (Å²) in [6.45, 7) is 6.20. The van der Waals surface area contributed by atoms with Gasteiger partial charge in [0.15, 0.2) is 0 Å². The molecule has 0 heterocycles. The molecule has 2 aromatic carbocycles. The Bertz CT molecular complexity index is 597. The molecule has 3 heteroatoms. The van der Waals surface area contributed by atoms with Gasteiger partial charge in [-0.3, -0.25) is 0 Å². The van der Waals surface area contributed by atoms with Crippen LogP contribution >= 0.6 is 0 Å². The molecule has 0 radical (unpaired) electrons. The van der Waals surface area contributed by atoms with Crippen molar-refractivity contribution in [1.82, 2.24) is 0 Å². The number of hydrogen-bond donors (Lipinski definition) is 0. The van der Waals surface area contributed by atoms with Crippen molar-refractivity contribution in [3.05, 3.63) is 72.3 Å². The average molecular weight is 282 g/mol. The Morgan fingerprint density at radius 1 is 1.05 bits per heavy atom. The van der Waals surface area contributed by atoms with Crippen LogP contribution in [-0.2, 0) is 0 Å². The van der Waals surface area contributed by atoms with E-state index in [2.05, 4.69) is 6.58 Å². The average Bonchev–Trinajstić information content (AvgIpc) is 2.50. The molecule has 0 bridgehead atoms. The highest BCUT2D eigenvalue weighted by atomic mass is 16.5. The van der Waals surface area contributed by atoms with Gasteiger partial charge in [-0.2, -0.15) is 0 Å². The van der Waals surface area contributed by atoms with E-state index in [1.54, 1.807) is 42.5 Å². The summed E-state index contributed by atoms with van der Waals surface area (Å²) in [7, 11) is 0. The molecule has 0 aromatic heterocycles. The Balaban J connectivity index is 1.94. The number of aryl methyl sites for hydroxylation is 1. The molecule has 0 saturated heterocycles.